The Morgan fingerprint density at radius 1 is 1.31 bits per heavy atom. The van der Waals surface area contributed by atoms with Gasteiger partial charge in [-0.25, -0.2) is 0 Å². The second kappa shape index (κ2) is 8.59. The van der Waals surface area contributed by atoms with Crippen LogP contribution in [0.2, 0.25) is 0 Å². The molecule has 2 unspecified atom stereocenters. The van der Waals surface area contributed by atoms with Crippen LogP contribution in [-0.4, -0.2) is 49.2 Å². The van der Waals surface area contributed by atoms with Gasteiger partial charge in [0.15, 0.2) is 5.41 Å². The zero-order valence-corrected chi connectivity index (χ0v) is 15.3. The molecule has 4 nitrogen and oxygen atoms in total. The average Bonchev–Trinajstić information content (AvgIpc) is 3.02. The van der Waals surface area contributed by atoms with E-state index in [0.29, 0.717) is 13.1 Å². The van der Waals surface area contributed by atoms with Crippen molar-refractivity contribution in [1.29, 1.82) is 0 Å². The summed E-state index contributed by atoms with van der Waals surface area (Å²) in [5.41, 5.74) is -1.35. The molecule has 2 fully saturated rings. The molecular formula is C18H25ClF3N3O. The van der Waals surface area contributed by atoms with Gasteiger partial charge in [0.05, 0.1) is 0 Å². The maximum atomic E-state index is 13.8. The van der Waals surface area contributed by atoms with Gasteiger partial charge < -0.3 is 10.6 Å². The van der Waals surface area contributed by atoms with Crippen LogP contribution < -0.4 is 10.6 Å². The van der Waals surface area contributed by atoms with Gasteiger partial charge in [0.25, 0.3) is 0 Å². The van der Waals surface area contributed by atoms with Crippen LogP contribution >= 0.6 is 12.4 Å². The van der Waals surface area contributed by atoms with E-state index in [1.807, 2.05) is 30.3 Å². The molecule has 0 aromatic heterocycles. The van der Waals surface area contributed by atoms with Gasteiger partial charge >= 0.3 is 6.18 Å². The molecule has 2 atom stereocenters. The lowest BCUT2D eigenvalue weighted by Gasteiger charge is -2.33. The largest absolute Gasteiger partial charge is 0.404 e. The van der Waals surface area contributed by atoms with E-state index in [1.54, 1.807) is 4.90 Å². The Morgan fingerprint density at radius 2 is 2.04 bits per heavy atom. The summed E-state index contributed by atoms with van der Waals surface area (Å²) in [6, 6.07) is 9.17. The number of amides is 1. The normalized spacial score (nSPS) is 27.0. The first-order valence-corrected chi connectivity index (χ1v) is 8.75. The van der Waals surface area contributed by atoms with Crippen LogP contribution in [0.5, 0.6) is 0 Å². The van der Waals surface area contributed by atoms with Crippen molar-refractivity contribution in [3.05, 3.63) is 35.9 Å². The van der Waals surface area contributed by atoms with Crippen LogP contribution in [0, 0.1) is 5.41 Å². The second-order valence-electron chi connectivity index (χ2n) is 7.04. The monoisotopic (exact) mass is 391 g/mol. The predicted molar refractivity (Wildman–Crippen MR) is 96.1 cm³/mol. The van der Waals surface area contributed by atoms with Gasteiger partial charge in [-0.2, -0.15) is 13.2 Å². The summed E-state index contributed by atoms with van der Waals surface area (Å²) in [5.74, 6) is -0.871. The van der Waals surface area contributed by atoms with Gasteiger partial charge in [-0.3, -0.25) is 9.69 Å². The van der Waals surface area contributed by atoms with Crippen LogP contribution in [0.1, 0.15) is 24.8 Å². The first-order chi connectivity index (χ1) is 11.9. The molecule has 0 bridgehead atoms. The van der Waals surface area contributed by atoms with E-state index in [1.165, 1.54) is 0 Å². The highest BCUT2D eigenvalue weighted by Gasteiger charge is 2.63. The third kappa shape index (κ3) is 4.50. The van der Waals surface area contributed by atoms with Crippen molar-refractivity contribution in [3.8, 4) is 0 Å². The number of alkyl halides is 3. The standard InChI is InChI=1S/C18H24F3N3O.ClH/c19-18(20,21)17(16(25)23-15-7-4-9-22-11-15)8-10-24(13-17)12-14-5-2-1-3-6-14;/h1-3,5-6,15,22H,4,7-13H2,(H,23,25);1H. The third-order valence-corrected chi connectivity index (χ3v) is 5.21. The molecule has 2 heterocycles. The second-order valence-corrected chi connectivity index (χ2v) is 7.04. The van der Waals surface area contributed by atoms with Gasteiger partial charge in [0, 0.05) is 25.7 Å². The Morgan fingerprint density at radius 3 is 2.65 bits per heavy atom. The minimum atomic E-state index is -4.55. The highest BCUT2D eigenvalue weighted by atomic mass is 35.5. The lowest BCUT2D eigenvalue weighted by Crippen LogP contribution is -2.56. The molecule has 2 saturated heterocycles. The summed E-state index contributed by atoms with van der Waals surface area (Å²) < 4.78 is 41.5. The fourth-order valence-corrected chi connectivity index (χ4v) is 3.71. The van der Waals surface area contributed by atoms with Gasteiger partial charge in [-0.1, -0.05) is 30.3 Å². The summed E-state index contributed by atoms with van der Waals surface area (Å²) in [7, 11) is 0. The average molecular weight is 392 g/mol. The molecule has 3 rings (SSSR count). The number of hydrogen-bond acceptors (Lipinski definition) is 3. The number of halogens is 4. The smallest absolute Gasteiger partial charge is 0.351 e. The van der Waals surface area contributed by atoms with Crippen LogP contribution in [0.25, 0.3) is 0 Å². The number of carbonyl (C=O) groups excluding carboxylic acids is 1. The number of carbonyl (C=O) groups is 1. The lowest BCUT2D eigenvalue weighted by atomic mass is 9.84. The predicted octanol–water partition coefficient (Wildman–Crippen LogP) is 2.73. The molecule has 0 aliphatic carbocycles. The number of rotatable bonds is 4. The molecule has 1 aromatic rings. The Kier molecular flexibility index (Phi) is 6.93. The molecular weight excluding hydrogens is 367 g/mol. The summed E-state index contributed by atoms with van der Waals surface area (Å²) >= 11 is 0. The molecule has 1 amide bonds. The van der Waals surface area contributed by atoms with E-state index < -0.39 is 17.5 Å². The van der Waals surface area contributed by atoms with Crippen LogP contribution in [0.3, 0.4) is 0 Å². The van der Waals surface area contributed by atoms with Crippen LogP contribution in [0.4, 0.5) is 13.2 Å². The molecule has 146 valence electrons. The SMILES string of the molecule is Cl.O=C(NC1CCCNC1)C1(C(F)(F)F)CCN(Cc2ccccc2)C1. The van der Waals surface area contributed by atoms with Crippen LogP contribution in [0.15, 0.2) is 30.3 Å². The van der Waals surface area contributed by atoms with Crippen molar-refractivity contribution >= 4 is 18.3 Å². The summed E-state index contributed by atoms with van der Waals surface area (Å²) in [4.78, 5) is 14.3. The van der Waals surface area contributed by atoms with E-state index in [0.717, 1.165) is 24.9 Å². The Hall–Kier alpha value is -1.31. The fourth-order valence-electron chi connectivity index (χ4n) is 3.71. The molecule has 2 aliphatic rings. The quantitative estimate of drug-likeness (QED) is 0.829. The Labute approximate surface area is 157 Å². The molecule has 26 heavy (non-hydrogen) atoms. The lowest BCUT2D eigenvalue weighted by molar-refractivity contribution is -0.218. The topological polar surface area (TPSA) is 44.4 Å². The van der Waals surface area contributed by atoms with Crippen molar-refractivity contribution in [3.63, 3.8) is 0 Å². The first kappa shape index (κ1) is 21.0. The van der Waals surface area contributed by atoms with Crippen molar-refractivity contribution < 1.29 is 18.0 Å². The van der Waals surface area contributed by atoms with E-state index in [4.69, 9.17) is 0 Å². The zero-order chi connectivity index (χ0) is 17.9. The molecule has 2 N–H and O–H groups in total. The van der Waals surface area contributed by atoms with Gasteiger partial charge in [-0.05, 0) is 37.9 Å². The third-order valence-electron chi connectivity index (χ3n) is 5.21. The van der Waals surface area contributed by atoms with Gasteiger partial charge in [-0.15, -0.1) is 12.4 Å². The highest BCUT2D eigenvalue weighted by Crippen LogP contribution is 2.46. The minimum absolute atomic E-state index is 0. The van der Waals surface area contributed by atoms with Crippen molar-refractivity contribution in [2.45, 2.75) is 38.0 Å². The molecule has 0 spiro atoms. The molecule has 0 radical (unpaired) electrons. The number of benzene rings is 1. The van der Waals surface area contributed by atoms with Crippen molar-refractivity contribution in [1.82, 2.24) is 15.5 Å². The van der Waals surface area contributed by atoms with Gasteiger partial charge in [0.2, 0.25) is 5.91 Å². The van der Waals surface area contributed by atoms with Crippen molar-refractivity contribution in [2.24, 2.45) is 5.41 Å². The number of nitrogens with one attached hydrogen (secondary N) is 2. The number of piperidine rings is 1. The zero-order valence-electron chi connectivity index (χ0n) is 14.5. The molecule has 2 aliphatic heterocycles. The Bertz CT molecular complexity index is 593. The number of nitrogens with zero attached hydrogens (tertiary/aromatic N) is 1. The highest BCUT2D eigenvalue weighted by molar-refractivity contribution is 5.85. The van der Waals surface area contributed by atoms with Gasteiger partial charge in [0.1, 0.15) is 0 Å². The number of likely N-dealkylation sites (tertiary alicyclic amines) is 1. The number of hydrogen-bond donors (Lipinski definition) is 2. The van der Waals surface area contributed by atoms with Crippen LogP contribution in [-0.2, 0) is 11.3 Å². The van der Waals surface area contributed by atoms with E-state index in [9.17, 15) is 18.0 Å². The maximum absolute atomic E-state index is 13.8. The first-order valence-electron chi connectivity index (χ1n) is 8.75. The summed E-state index contributed by atoms with van der Waals surface area (Å²) in [6.07, 6.45) is -3.15. The van der Waals surface area contributed by atoms with E-state index >= 15 is 0 Å². The van der Waals surface area contributed by atoms with E-state index in [-0.39, 0.29) is 38.0 Å². The molecule has 8 heteroatoms. The fraction of sp³-hybridized carbons (Fsp3) is 0.611. The maximum Gasteiger partial charge on any atom is 0.404 e. The summed E-state index contributed by atoms with van der Waals surface area (Å²) in [6.45, 7) is 1.80. The van der Waals surface area contributed by atoms with Crippen molar-refractivity contribution in [2.75, 3.05) is 26.2 Å². The molecule has 0 saturated carbocycles. The summed E-state index contributed by atoms with van der Waals surface area (Å²) in [5, 5.41) is 5.76. The molecule has 1 aromatic carbocycles. The Balaban J connectivity index is 0.00000243. The van der Waals surface area contributed by atoms with E-state index in [2.05, 4.69) is 10.6 Å². The minimum Gasteiger partial charge on any atom is -0.351 e.